The van der Waals surface area contributed by atoms with E-state index in [9.17, 15) is 0 Å². The third kappa shape index (κ3) is 2.21. The summed E-state index contributed by atoms with van der Waals surface area (Å²) in [4.78, 5) is 0. The Morgan fingerprint density at radius 2 is 1.92 bits per heavy atom. The quantitative estimate of drug-likeness (QED) is 0.697. The van der Waals surface area contributed by atoms with E-state index in [4.69, 9.17) is 21.1 Å². The summed E-state index contributed by atoms with van der Waals surface area (Å²) in [5.74, 6) is -0.967. The molecule has 1 radical (unpaired) electrons. The lowest BCUT2D eigenvalue weighted by Crippen LogP contribution is -2.26. The van der Waals surface area contributed by atoms with Gasteiger partial charge in [0, 0.05) is 31.7 Å². The third-order valence-corrected chi connectivity index (χ3v) is 2.16. The lowest BCUT2D eigenvalue weighted by atomic mass is 10.1. The van der Waals surface area contributed by atoms with Crippen LogP contribution in [0.3, 0.4) is 0 Å². The van der Waals surface area contributed by atoms with Gasteiger partial charge in [-0.25, -0.2) is 0 Å². The molecule has 1 aromatic rings. The number of hydrogen-bond acceptors (Lipinski definition) is 2. The molecule has 0 spiro atoms. The molecule has 0 aliphatic rings. The molecular formula is C10H12ClO2. The van der Waals surface area contributed by atoms with Gasteiger partial charge in [0.2, 0.25) is 0 Å². The van der Waals surface area contributed by atoms with Crippen molar-refractivity contribution in [1.29, 1.82) is 0 Å². The minimum atomic E-state index is -0.967. The molecule has 0 heterocycles. The molecule has 13 heavy (non-hydrogen) atoms. The molecule has 2 nitrogen and oxygen atoms in total. The van der Waals surface area contributed by atoms with Crippen molar-refractivity contribution >= 4 is 11.6 Å². The molecule has 3 heteroatoms. The molecule has 1 aromatic carbocycles. The molecule has 0 unspecified atom stereocenters. The molecule has 0 aliphatic carbocycles. The fraction of sp³-hybridized carbons (Fsp3) is 0.300. The van der Waals surface area contributed by atoms with E-state index in [-0.39, 0.29) is 0 Å². The maximum Gasteiger partial charge on any atom is 0.194 e. The normalized spacial score (nSPS) is 11.7. The summed E-state index contributed by atoms with van der Waals surface area (Å²) in [6.45, 7) is 3.81. The summed E-state index contributed by atoms with van der Waals surface area (Å²) in [6.07, 6.45) is 0. The average Bonchev–Trinajstić information content (AvgIpc) is 2.17. The van der Waals surface area contributed by atoms with Crippen LogP contribution in [0.15, 0.2) is 24.3 Å². The second-order valence-corrected chi connectivity index (χ2v) is 3.11. The van der Waals surface area contributed by atoms with Crippen LogP contribution in [0, 0.1) is 6.92 Å². The van der Waals surface area contributed by atoms with Crippen molar-refractivity contribution in [1.82, 2.24) is 0 Å². The molecule has 0 saturated heterocycles. The van der Waals surface area contributed by atoms with Crippen LogP contribution in [0.1, 0.15) is 5.56 Å². The monoisotopic (exact) mass is 199 g/mol. The predicted molar refractivity (Wildman–Crippen MR) is 52.5 cm³/mol. The van der Waals surface area contributed by atoms with Crippen LogP contribution in [0.5, 0.6) is 0 Å². The first-order valence-corrected chi connectivity index (χ1v) is 4.22. The fourth-order valence-electron chi connectivity index (χ4n) is 1.04. The number of methoxy groups -OCH3 is 2. The van der Waals surface area contributed by atoms with E-state index in [0.29, 0.717) is 5.02 Å². The van der Waals surface area contributed by atoms with E-state index >= 15 is 0 Å². The largest absolute Gasteiger partial charge is 0.349 e. The van der Waals surface area contributed by atoms with Gasteiger partial charge in [0.05, 0.1) is 0 Å². The Labute approximate surface area is 83.4 Å². The summed E-state index contributed by atoms with van der Waals surface area (Å²) in [6, 6.07) is 7.24. The van der Waals surface area contributed by atoms with E-state index < -0.39 is 5.79 Å². The molecule has 0 aliphatic heterocycles. The summed E-state index contributed by atoms with van der Waals surface area (Å²) in [7, 11) is 3.08. The number of rotatable bonds is 3. The summed E-state index contributed by atoms with van der Waals surface area (Å²) in [5.41, 5.74) is 0.796. The van der Waals surface area contributed by atoms with E-state index in [0.717, 1.165) is 5.56 Å². The number of benzene rings is 1. The van der Waals surface area contributed by atoms with Gasteiger partial charge in [0.1, 0.15) is 0 Å². The van der Waals surface area contributed by atoms with E-state index in [1.54, 1.807) is 12.1 Å². The van der Waals surface area contributed by atoms with Crippen LogP contribution in [0.4, 0.5) is 0 Å². The van der Waals surface area contributed by atoms with Gasteiger partial charge in [-0.3, -0.25) is 0 Å². The first-order chi connectivity index (χ1) is 6.12. The van der Waals surface area contributed by atoms with Crippen molar-refractivity contribution in [3.63, 3.8) is 0 Å². The van der Waals surface area contributed by atoms with E-state index in [1.165, 1.54) is 14.2 Å². The smallest absolute Gasteiger partial charge is 0.194 e. The summed E-state index contributed by atoms with van der Waals surface area (Å²) < 4.78 is 10.3. The van der Waals surface area contributed by atoms with Gasteiger partial charge in [0.25, 0.3) is 0 Å². The van der Waals surface area contributed by atoms with Crippen molar-refractivity contribution in [2.24, 2.45) is 0 Å². The molecule has 0 N–H and O–H groups in total. The Bertz CT molecular complexity index is 282. The van der Waals surface area contributed by atoms with Gasteiger partial charge < -0.3 is 9.47 Å². The van der Waals surface area contributed by atoms with Crippen LogP contribution >= 0.6 is 11.6 Å². The first-order valence-electron chi connectivity index (χ1n) is 3.84. The van der Waals surface area contributed by atoms with Crippen molar-refractivity contribution in [2.45, 2.75) is 5.79 Å². The molecule has 1 rings (SSSR count). The Kier molecular flexibility index (Phi) is 3.31. The molecular weight excluding hydrogens is 188 g/mol. The Morgan fingerprint density at radius 3 is 2.38 bits per heavy atom. The second kappa shape index (κ2) is 4.09. The van der Waals surface area contributed by atoms with Gasteiger partial charge >= 0.3 is 0 Å². The molecule has 0 bridgehead atoms. The lowest BCUT2D eigenvalue weighted by Gasteiger charge is -2.26. The highest BCUT2D eigenvalue weighted by Gasteiger charge is 2.25. The zero-order chi connectivity index (χ0) is 9.90. The number of ether oxygens (including phenoxy) is 2. The van der Waals surface area contributed by atoms with Crippen molar-refractivity contribution in [2.75, 3.05) is 14.2 Å². The highest BCUT2D eigenvalue weighted by Crippen LogP contribution is 2.26. The Hall–Kier alpha value is -0.570. The standard InChI is InChI=1S/C10H12ClO2/c1-10(12-2,13-3)8-5-4-6-9(11)7-8/h4-7H,1H2,2-3H3. The van der Waals surface area contributed by atoms with Crippen LogP contribution in [0.2, 0.25) is 5.02 Å². The van der Waals surface area contributed by atoms with Gasteiger partial charge in [-0.2, -0.15) is 0 Å². The molecule has 0 fully saturated rings. The highest BCUT2D eigenvalue weighted by molar-refractivity contribution is 6.30. The Morgan fingerprint density at radius 1 is 1.31 bits per heavy atom. The van der Waals surface area contributed by atoms with E-state index in [2.05, 4.69) is 6.92 Å². The topological polar surface area (TPSA) is 18.5 Å². The molecule has 71 valence electrons. The SMILES string of the molecule is [CH2]C(OC)(OC)c1cccc(Cl)c1. The molecule has 0 aromatic heterocycles. The average molecular weight is 200 g/mol. The lowest BCUT2D eigenvalue weighted by molar-refractivity contribution is -0.180. The van der Waals surface area contributed by atoms with E-state index in [1.807, 2.05) is 12.1 Å². The molecule has 0 saturated carbocycles. The van der Waals surface area contributed by atoms with Crippen molar-refractivity contribution in [3.05, 3.63) is 41.8 Å². The fourth-order valence-corrected chi connectivity index (χ4v) is 1.23. The van der Waals surface area contributed by atoms with Crippen LogP contribution in [0.25, 0.3) is 0 Å². The first kappa shape index (κ1) is 10.5. The maximum absolute atomic E-state index is 5.83. The van der Waals surface area contributed by atoms with Gasteiger partial charge in [-0.15, -0.1) is 0 Å². The van der Waals surface area contributed by atoms with Crippen LogP contribution in [-0.2, 0) is 15.3 Å². The molecule has 0 atom stereocenters. The zero-order valence-corrected chi connectivity index (χ0v) is 8.47. The molecule has 0 amide bonds. The minimum Gasteiger partial charge on any atom is -0.349 e. The van der Waals surface area contributed by atoms with Gasteiger partial charge in [-0.05, 0) is 12.1 Å². The summed E-state index contributed by atoms with van der Waals surface area (Å²) >= 11 is 5.83. The number of halogens is 1. The van der Waals surface area contributed by atoms with Gasteiger partial charge in [0.15, 0.2) is 5.79 Å². The summed E-state index contributed by atoms with van der Waals surface area (Å²) in [5, 5.41) is 0.639. The van der Waals surface area contributed by atoms with Crippen LogP contribution < -0.4 is 0 Å². The van der Waals surface area contributed by atoms with Crippen molar-refractivity contribution in [3.8, 4) is 0 Å². The number of hydrogen-bond donors (Lipinski definition) is 0. The highest BCUT2D eigenvalue weighted by atomic mass is 35.5. The van der Waals surface area contributed by atoms with Crippen LogP contribution in [-0.4, -0.2) is 14.2 Å². The third-order valence-electron chi connectivity index (χ3n) is 1.92. The maximum atomic E-state index is 5.83. The zero-order valence-electron chi connectivity index (χ0n) is 7.71. The Balaban J connectivity index is 3.05. The minimum absolute atomic E-state index is 0.639. The van der Waals surface area contributed by atoms with Gasteiger partial charge in [-0.1, -0.05) is 23.7 Å². The van der Waals surface area contributed by atoms with Crippen molar-refractivity contribution < 1.29 is 9.47 Å². The predicted octanol–water partition coefficient (Wildman–Crippen LogP) is 2.62. The second-order valence-electron chi connectivity index (χ2n) is 2.67.